The lowest BCUT2D eigenvalue weighted by molar-refractivity contribution is -0.142. The van der Waals surface area contributed by atoms with E-state index in [1.165, 1.54) is 26.4 Å². The van der Waals surface area contributed by atoms with Gasteiger partial charge in [0.15, 0.2) is 0 Å². The molecule has 5 nitrogen and oxygen atoms in total. The van der Waals surface area contributed by atoms with E-state index >= 15 is 0 Å². The van der Waals surface area contributed by atoms with Crippen LogP contribution in [0.3, 0.4) is 0 Å². The number of ether oxygens (including phenoxy) is 1. The molecule has 0 bridgehead atoms. The summed E-state index contributed by atoms with van der Waals surface area (Å²) in [7, 11) is 1.40. The second-order valence-electron chi connectivity index (χ2n) is 4.54. The number of methoxy groups -OCH3 is 1. The van der Waals surface area contributed by atoms with Gasteiger partial charge in [-0.05, 0) is 26.2 Å². The first-order valence-corrected chi connectivity index (χ1v) is 6.05. The molecule has 0 aromatic carbocycles. The molecule has 1 heterocycles. The normalized spacial score (nSPS) is 17.5. The molecular weight excluding hydrogens is 218 g/mol. The molecule has 2 rings (SSSR count). The summed E-state index contributed by atoms with van der Waals surface area (Å²) in [6.07, 6.45) is 7.67. The summed E-state index contributed by atoms with van der Waals surface area (Å²) in [6, 6.07) is 0.300. The molecule has 1 unspecified atom stereocenters. The van der Waals surface area contributed by atoms with E-state index < -0.39 is 0 Å². The molecule has 1 fully saturated rings. The summed E-state index contributed by atoms with van der Waals surface area (Å²) in [6.45, 7) is 2.44. The fourth-order valence-corrected chi connectivity index (χ4v) is 1.85. The van der Waals surface area contributed by atoms with Crippen molar-refractivity contribution in [2.75, 3.05) is 7.11 Å². The van der Waals surface area contributed by atoms with Gasteiger partial charge in [0, 0.05) is 18.3 Å². The second-order valence-corrected chi connectivity index (χ2v) is 4.54. The summed E-state index contributed by atoms with van der Waals surface area (Å²) in [5.41, 5.74) is 1.10. The van der Waals surface area contributed by atoms with E-state index in [1.54, 1.807) is 6.92 Å². The highest BCUT2D eigenvalue weighted by Gasteiger charge is 2.20. The van der Waals surface area contributed by atoms with Crippen LogP contribution in [0.15, 0.2) is 12.4 Å². The smallest absolute Gasteiger partial charge is 0.322 e. The third-order valence-corrected chi connectivity index (χ3v) is 3.27. The first kappa shape index (κ1) is 12.1. The van der Waals surface area contributed by atoms with Gasteiger partial charge in [0.25, 0.3) is 0 Å². The van der Waals surface area contributed by atoms with Crippen molar-refractivity contribution in [3.8, 4) is 0 Å². The third-order valence-electron chi connectivity index (χ3n) is 3.27. The molecule has 0 saturated heterocycles. The largest absolute Gasteiger partial charge is 0.468 e. The summed E-state index contributed by atoms with van der Waals surface area (Å²) < 4.78 is 6.68. The summed E-state index contributed by atoms with van der Waals surface area (Å²) in [5.74, 6) is -0.239. The Labute approximate surface area is 101 Å². The van der Waals surface area contributed by atoms with Crippen LogP contribution in [0.25, 0.3) is 0 Å². The molecular formula is C12H19N3O2. The topological polar surface area (TPSA) is 56.1 Å². The molecule has 94 valence electrons. The molecule has 1 aromatic heterocycles. The van der Waals surface area contributed by atoms with Crippen molar-refractivity contribution in [2.45, 2.75) is 44.8 Å². The van der Waals surface area contributed by atoms with E-state index in [0.717, 1.165) is 5.56 Å². The van der Waals surface area contributed by atoms with E-state index in [1.807, 2.05) is 10.9 Å². The molecule has 0 amide bonds. The first-order valence-electron chi connectivity index (χ1n) is 6.05. The van der Waals surface area contributed by atoms with E-state index in [-0.39, 0.29) is 12.0 Å². The van der Waals surface area contributed by atoms with Crippen LogP contribution in [-0.4, -0.2) is 28.9 Å². The van der Waals surface area contributed by atoms with E-state index in [0.29, 0.717) is 12.6 Å². The van der Waals surface area contributed by atoms with Gasteiger partial charge < -0.3 is 10.1 Å². The fourth-order valence-electron chi connectivity index (χ4n) is 1.85. The Bertz CT molecular complexity index is 385. The number of hydrogen-bond donors (Lipinski definition) is 1. The van der Waals surface area contributed by atoms with Gasteiger partial charge in [-0.2, -0.15) is 5.10 Å². The maximum atomic E-state index is 11.2. The Kier molecular flexibility index (Phi) is 3.78. The van der Waals surface area contributed by atoms with Gasteiger partial charge in [-0.3, -0.25) is 9.48 Å². The number of nitrogens with zero attached hydrogens (tertiary/aromatic N) is 2. The summed E-state index contributed by atoms with van der Waals surface area (Å²) >= 11 is 0. The van der Waals surface area contributed by atoms with E-state index in [9.17, 15) is 4.79 Å². The van der Waals surface area contributed by atoms with Crippen LogP contribution in [0.5, 0.6) is 0 Å². The van der Waals surface area contributed by atoms with Gasteiger partial charge >= 0.3 is 5.97 Å². The zero-order chi connectivity index (χ0) is 12.3. The second kappa shape index (κ2) is 5.31. The van der Waals surface area contributed by atoms with Crippen molar-refractivity contribution in [3.05, 3.63) is 18.0 Å². The third kappa shape index (κ3) is 2.85. The van der Waals surface area contributed by atoms with Crippen LogP contribution in [0.1, 0.15) is 37.8 Å². The number of carbonyl (C=O) groups excluding carboxylic acids is 1. The van der Waals surface area contributed by atoms with Crippen LogP contribution in [-0.2, 0) is 16.1 Å². The highest BCUT2D eigenvalue weighted by Crippen LogP contribution is 2.30. The zero-order valence-electron chi connectivity index (χ0n) is 10.3. The van der Waals surface area contributed by atoms with Crippen LogP contribution in [0, 0.1) is 0 Å². The molecule has 1 N–H and O–H groups in total. The van der Waals surface area contributed by atoms with Crippen LogP contribution >= 0.6 is 0 Å². The minimum absolute atomic E-state index is 0.239. The van der Waals surface area contributed by atoms with E-state index in [2.05, 4.69) is 21.3 Å². The molecule has 0 spiro atoms. The van der Waals surface area contributed by atoms with Crippen molar-refractivity contribution in [1.29, 1.82) is 0 Å². The van der Waals surface area contributed by atoms with Gasteiger partial charge in [0.05, 0.1) is 19.3 Å². The summed E-state index contributed by atoms with van der Waals surface area (Å²) in [5, 5.41) is 7.45. The average molecular weight is 237 g/mol. The van der Waals surface area contributed by atoms with Gasteiger partial charge in [-0.15, -0.1) is 0 Å². The molecule has 5 heteroatoms. The Morgan fingerprint density at radius 2 is 2.47 bits per heavy atom. The van der Waals surface area contributed by atoms with Crippen LogP contribution < -0.4 is 5.32 Å². The maximum absolute atomic E-state index is 11.2. The van der Waals surface area contributed by atoms with Gasteiger partial charge in [0.1, 0.15) is 6.04 Å². The number of esters is 1. The SMILES string of the molecule is COC(=O)C(C)NCc1cnn(C2CCC2)c1. The Balaban J connectivity index is 1.82. The monoisotopic (exact) mass is 237 g/mol. The zero-order valence-corrected chi connectivity index (χ0v) is 10.3. The number of nitrogens with one attached hydrogen (secondary N) is 1. The van der Waals surface area contributed by atoms with Crippen molar-refractivity contribution in [3.63, 3.8) is 0 Å². The van der Waals surface area contributed by atoms with Crippen molar-refractivity contribution in [1.82, 2.24) is 15.1 Å². The quantitative estimate of drug-likeness (QED) is 0.783. The van der Waals surface area contributed by atoms with Crippen molar-refractivity contribution >= 4 is 5.97 Å². The Hall–Kier alpha value is -1.36. The lowest BCUT2D eigenvalue weighted by Gasteiger charge is -2.25. The first-order chi connectivity index (χ1) is 8.20. The highest BCUT2D eigenvalue weighted by atomic mass is 16.5. The average Bonchev–Trinajstić information content (AvgIpc) is 2.71. The molecule has 17 heavy (non-hydrogen) atoms. The lowest BCUT2D eigenvalue weighted by atomic mass is 9.93. The summed E-state index contributed by atoms with van der Waals surface area (Å²) in [4.78, 5) is 11.2. The van der Waals surface area contributed by atoms with Gasteiger partial charge in [-0.1, -0.05) is 0 Å². The molecule has 1 atom stereocenters. The molecule has 0 aliphatic heterocycles. The number of rotatable bonds is 5. The molecule has 1 aliphatic carbocycles. The number of hydrogen-bond acceptors (Lipinski definition) is 4. The molecule has 1 aliphatic rings. The number of carbonyl (C=O) groups is 1. The maximum Gasteiger partial charge on any atom is 0.322 e. The standard InChI is InChI=1S/C12H19N3O2/c1-9(12(16)17-2)13-6-10-7-14-15(8-10)11-4-3-5-11/h7-9,11,13H,3-6H2,1-2H3. The van der Waals surface area contributed by atoms with Crippen LogP contribution in [0.4, 0.5) is 0 Å². The lowest BCUT2D eigenvalue weighted by Crippen LogP contribution is -2.34. The van der Waals surface area contributed by atoms with Crippen LogP contribution in [0.2, 0.25) is 0 Å². The van der Waals surface area contributed by atoms with Gasteiger partial charge in [-0.25, -0.2) is 0 Å². The van der Waals surface area contributed by atoms with Crippen molar-refractivity contribution in [2.24, 2.45) is 0 Å². The number of aromatic nitrogens is 2. The molecule has 1 saturated carbocycles. The van der Waals surface area contributed by atoms with Gasteiger partial charge in [0.2, 0.25) is 0 Å². The van der Waals surface area contributed by atoms with E-state index in [4.69, 9.17) is 0 Å². The predicted octanol–water partition coefficient (Wildman–Crippen LogP) is 1.26. The molecule has 1 aromatic rings. The highest BCUT2D eigenvalue weighted by molar-refractivity contribution is 5.75. The fraction of sp³-hybridized carbons (Fsp3) is 0.667. The minimum atomic E-state index is -0.285. The molecule has 0 radical (unpaired) electrons. The predicted molar refractivity (Wildman–Crippen MR) is 63.4 cm³/mol. The minimum Gasteiger partial charge on any atom is -0.468 e. The Morgan fingerprint density at radius 3 is 3.06 bits per heavy atom. The van der Waals surface area contributed by atoms with Crippen molar-refractivity contribution < 1.29 is 9.53 Å². The Morgan fingerprint density at radius 1 is 1.71 bits per heavy atom.